The van der Waals surface area contributed by atoms with Gasteiger partial charge >= 0.3 is 6.18 Å². The third-order valence-electron chi connectivity index (χ3n) is 3.04. The summed E-state index contributed by atoms with van der Waals surface area (Å²) in [6.45, 7) is 2.89. The molecule has 0 bridgehead atoms. The van der Waals surface area contributed by atoms with Crippen molar-refractivity contribution in [3.63, 3.8) is 0 Å². The monoisotopic (exact) mass is 304 g/mol. The minimum atomic E-state index is -4.40. The van der Waals surface area contributed by atoms with E-state index in [-0.39, 0.29) is 24.5 Å². The molecule has 1 saturated heterocycles. The number of piperidine rings is 1. The molecule has 2 N–H and O–H groups in total. The fourth-order valence-corrected chi connectivity index (χ4v) is 2.09. The predicted molar refractivity (Wildman–Crippen MR) is 67.3 cm³/mol. The highest BCUT2D eigenvalue weighted by molar-refractivity contribution is 5.85. The van der Waals surface area contributed by atoms with Gasteiger partial charge in [0.25, 0.3) is 0 Å². The molecular weight excluding hydrogens is 285 g/mol. The maximum atomic E-state index is 11.8. The molecule has 8 heteroatoms. The van der Waals surface area contributed by atoms with E-state index in [1.54, 1.807) is 0 Å². The van der Waals surface area contributed by atoms with Gasteiger partial charge in [-0.15, -0.1) is 12.4 Å². The van der Waals surface area contributed by atoms with E-state index in [2.05, 4.69) is 15.4 Å². The first kappa shape index (κ1) is 18.5. The topological polar surface area (TPSA) is 50.4 Å². The molecule has 114 valence electrons. The minimum Gasteiger partial charge on any atom is -0.362 e. The maximum Gasteiger partial charge on any atom is 0.411 e. The molecule has 1 aliphatic rings. The Bertz CT molecular complexity index is 280. The summed E-state index contributed by atoms with van der Waals surface area (Å²) in [7, 11) is 0. The van der Waals surface area contributed by atoms with Crippen LogP contribution in [0.5, 0.6) is 0 Å². The number of amides is 1. The maximum absolute atomic E-state index is 11.8. The summed E-state index contributed by atoms with van der Waals surface area (Å²) in [5.41, 5.74) is 0. The van der Waals surface area contributed by atoms with Crippen molar-refractivity contribution in [2.24, 2.45) is 5.92 Å². The lowest BCUT2D eigenvalue weighted by Crippen LogP contribution is -2.56. The number of nitrogens with one attached hydrogen (secondary N) is 2. The standard InChI is InChI=1S/C11H19F3N2O2.ClH/c1-7-3-4-15-8(2)10(7)16-9(17)5-18-6-11(12,13)14;/h7-8,10,15H,3-6H2,1-2H3,(H,16,17);1H. The number of hydrogen-bond donors (Lipinski definition) is 2. The normalized spacial score (nSPS) is 27.5. The number of alkyl halides is 3. The van der Waals surface area contributed by atoms with Crippen LogP contribution in [0, 0.1) is 5.92 Å². The van der Waals surface area contributed by atoms with E-state index >= 15 is 0 Å². The van der Waals surface area contributed by atoms with E-state index < -0.39 is 25.3 Å². The molecule has 0 aromatic heterocycles. The third kappa shape index (κ3) is 6.98. The van der Waals surface area contributed by atoms with E-state index in [0.29, 0.717) is 5.92 Å². The van der Waals surface area contributed by atoms with Gasteiger partial charge in [-0.3, -0.25) is 4.79 Å². The van der Waals surface area contributed by atoms with Crippen LogP contribution in [0.2, 0.25) is 0 Å². The zero-order valence-corrected chi connectivity index (χ0v) is 11.7. The van der Waals surface area contributed by atoms with Crippen LogP contribution in [0.4, 0.5) is 13.2 Å². The van der Waals surface area contributed by atoms with Crippen LogP contribution in [-0.4, -0.2) is 43.9 Å². The van der Waals surface area contributed by atoms with Crippen LogP contribution in [0.25, 0.3) is 0 Å². The molecule has 0 aromatic rings. The Morgan fingerprint density at radius 3 is 2.58 bits per heavy atom. The lowest BCUT2D eigenvalue weighted by Gasteiger charge is -2.35. The molecule has 0 aromatic carbocycles. The summed E-state index contributed by atoms with van der Waals surface area (Å²) >= 11 is 0. The zero-order valence-electron chi connectivity index (χ0n) is 10.9. The van der Waals surface area contributed by atoms with E-state index in [1.165, 1.54) is 0 Å². The fourth-order valence-electron chi connectivity index (χ4n) is 2.09. The second-order valence-corrected chi connectivity index (χ2v) is 4.71. The second-order valence-electron chi connectivity index (χ2n) is 4.71. The largest absolute Gasteiger partial charge is 0.411 e. The van der Waals surface area contributed by atoms with Crippen LogP contribution in [0.15, 0.2) is 0 Å². The van der Waals surface area contributed by atoms with Crippen LogP contribution in [0.1, 0.15) is 20.3 Å². The highest BCUT2D eigenvalue weighted by atomic mass is 35.5. The average molecular weight is 305 g/mol. The summed E-state index contributed by atoms with van der Waals surface area (Å²) in [6.07, 6.45) is -3.47. The van der Waals surface area contributed by atoms with Crippen molar-refractivity contribution < 1.29 is 22.7 Å². The van der Waals surface area contributed by atoms with E-state index in [9.17, 15) is 18.0 Å². The molecule has 0 radical (unpaired) electrons. The van der Waals surface area contributed by atoms with Gasteiger partial charge in [-0.25, -0.2) is 0 Å². The van der Waals surface area contributed by atoms with Crippen LogP contribution in [0.3, 0.4) is 0 Å². The van der Waals surface area contributed by atoms with Crippen molar-refractivity contribution in [2.45, 2.75) is 38.5 Å². The minimum absolute atomic E-state index is 0. The first-order valence-corrected chi connectivity index (χ1v) is 5.97. The molecule has 0 spiro atoms. The average Bonchev–Trinajstić information content (AvgIpc) is 2.22. The van der Waals surface area contributed by atoms with E-state index in [0.717, 1.165) is 13.0 Å². The quantitative estimate of drug-likeness (QED) is 0.827. The SMILES string of the molecule is CC1CCNC(C)C1NC(=O)COCC(F)(F)F.Cl. The van der Waals surface area contributed by atoms with Crippen molar-refractivity contribution in [3.05, 3.63) is 0 Å². The molecule has 1 fully saturated rings. The molecule has 1 aliphatic heterocycles. The number of rotatable bonds is 4. The smallest absolute Gasteiger partial charge is 0.362 e. The molecule has 1 rings (SSSR count). The Morgan fingerprint density at radius 2 is 2.05 bits per heavy atom. The van der Waals surface area contributed by atoms with Gasteiger partial charge in [-0.2, -0.15) is 13.2 Å². The lowest BCUT2D eigenvalue weighted by molar-refractivity contribution is -0.175. The summed E-state index contributed by atoms with van der Waals surface area (Å²) < 4.78 is 39.8. The summed E-state index contributed by atoms with van der Waals surface area (Å²) in [4.78, 5) is 11.5. The number of carbonyl (C=O) groups is 1. The predicted octanol–water partition coefficient (Wildman–Crippen LogP) is 1.49. The fraction of sp³-hybridized carbons (Fsp3) is 0.909. The Kier molecular flexibility index (Phi) is 7.69. The van der Waals surface area contributed by atoms with Crippen molar-refractivity contribution in [3.8, 4) is 0 Å². The number of halogens is 4. The van der Waals surface area contributed by atoms with Gasteiger partial charge in [-0.1, -0.05) is 6.92 Å². The molecule has 3 unspecified atom stereocenters. The molecule has 1 heterocycles. The molecule has 4 nitrogen and oxygen atoms in total. The number of ether oxygens (including phenoxy) is 1. The van der Waals surface area contributed by atoms with Crippen molar-refractivity contribution >= 4 is 18.3 Å². The van der Waals surface area contributed by atoms with Crippen molar-refractivity contribution in [1.29, 1.82) is 0 Å². The highest BCUT2D eigenvalue weighted by Crippen LogP contribution is 2.16. The first-order valence-electron chi connectivity index (χ1n) is 5.97. The second kappa shape index (κ2) is 7.91. The van der Waals surface area contributed by atoms with E-state index in [4.69, 9.17) is 0 Å². The number of hydrogen-bond acceptors (Lipinski definition) is 3. The Hall–Kier alpha value is -0.530. The summed E-state index contributed by atoms with van der Waals surface area (Å²) in [6, 6.07) is 0.0426. The molecule has 0 aliphatic carbocycles. The van der Waals surface area contributed by atoms with Crippen molar-refractivity contribution in [1.82, 2.24) is 10.6 Å². The van der Waals surface area contributed by atoms with Crippen LogP contribution < -0.4 is 10.6 Å². The Balaban J connectivity index is 0.00000324. The van der Waals surface area contributed by atoms with Gasteiger partial charge in [0.15, 0.2) is 0 Å². The van der Waals surface area contributed by atoms with Gasteiger partial charge in [0.2, 0.25) is 5.91 Å². The van der Waals surface area contributed by atoms with Gasteiger partial charge in [0.1, 0.15) is 13.2 Å². The first-order chi connectivity index (χ1) is 8.29. The summed E-state index contributed by atoms with van der Waals surface area (Å²) in [5.74, 6) is -0.209. The molecule has 1 amide bonds. The lowest BCUT2D eigenvalue weighted by atomic mass is 9.89. The van der Waals surface area contributed by atoms with Crippen molar-refractivity contribution in [2.75, 3.05) is 19.8 Å². The van der Waals surface area contributed by atoms with Gasteiger partial charge in [-0.05, 0) is 25.8 Å². The van der Waals surface area contributed by atoms with Gasteiger partial charge in [0.05, 0.1) is 0 Å². The summed E-state index contributed by atoms with van der Waals surface area (Å²) in [5, 5.41) is 5.92. The highest BCUT2D eigenvalue weighted by Gasteiger charge is 2.30. The Morgan fingerprint density at radius 1 is 1.42 bits per heavy atom. The van der Waals surface area contributed by atoms with Gasteiger partial charge < -0.3 is 15.4 Å². The Labute approximate surface area is 116 Å². The number of carbonyl (C=O) groups excluding carboxylic acids is 1. The van der Waals surface area contributed by atoms with Gasteiger partial charge in [0, 0.05) is 12.1 Å². The molecular formula is C11H20ClF3N2O2. The van der Waals surface area contributed by atoms with Crippen LogP contribution in [-0.2, 0) is 9.53 Å². The molecule has 3 atom stereocenters. The molecule has 19 heavy (non-hydrogen) atoms. The van der Waals surface area contributed by atoms with E-state index in [1.807, 2.05) is 13.8 Å². The van der Waals surface area contributed by atoms with Crippen LogP contribution >= 0.6 is 12.4 Å². The third-order valence-corrected chi connectivity index (χ3v) is 3.04. The molecule has 0 saturated carbocycles. The zero-order chi connectivity index (χ0) is 13.8.